The van der Waals surface area contributed by atoms with Crippen LogP contribution in [0, 0.1) is 5.82 Å². The molecule has 2 amide bonds. The Morgan fingerprint density at radius 2 is 1.67 bits per heavy atom. The number of likely N-dealkylation sites (N-methyl/N-ethyl adjacent to an activating group) is 1. The molecule has 27 heavy (non-hydrogen) atoms. The summed E-state index contributed by atoms with van der Waals surface area (Å²) in [5.41, 5.74) is -1.17. The van der Waals surface area contributed by atoms with Crippen molar-refractivity contribution in [3.05, 3.63) is 65.5 Å². The average Bonchev–Trinajstić information content (AvgIpc) is 2.61. The van der Waals surface area contributed by atoms with Gasteiger partial charge in [-0.3, -0.25) is 9.59 Å². The summed E-state index contributed by atoms with van der Waals surface area (Å²) in [5, 5.41) is 2.19. The van der Waals surface area contributed by atoms with Crippen LogP contribution in [0.3, 0.4) is 0 Å². The van der Waals surface area contributed by atoms with Crippen LogP contribution in [0.4, 0.5) is 23.2 Å². The first-order valence-electron chi connectivity index (χ1n) is 8.19. The monoisotopic (exact) mass is 382 g/mol. The van der Waals surface area contributed by atoms with Gasteiger partial charge in [-0.1, -0.05) is 30.3 Å². The molecular weight excluding hydrogens is 364 g/mol. The molecule has 0 aliphatic rings. The highest BCUT2D eigenvalue weighted by atomic mass is 19.4. The van der Waals surface area contributed by atoms with Crippen LogP contribution >= 0.6 is 0 Å². The number of carbonyl (C=O) groups is 2. The van der Waals surface area contributed by atoms with Gasteiger partial charge in [0.15, 0.2) is 0 Å². The number of hydrogen-bond donors (Lipinski definition) is 1. The van der Waals surface area contributed by atoms with Gasteiger partial charge in [-0.2, -0.15) is 13.2 Å². The summed E-state index contributed by atoms with van der Waals surface area (Å²) in [6.07, 6.45) is -4.86. The summed E-state index contributed by atoms with van der Waals surface area (Å²) < 4.78 is 52.6. The number of amides is 2. The van der Waals surface area contributed by atoms with Gasteiger partial charge in [0.05, 0.1) is 24.2 Å². The van der Waals surface area contributed by atoms with Crippen LogP contribution in [0.5, 0.6) is 0 Å². The first-order chi connectivity index (χ1) is 12.7. The number of nitrogens with zero attached hydrogens (tertiary/aromatic N) is 1. The van der Waals surface area contributed by atoms with E-state index >= 15 is 0 Å². The highest BCUT2D eigenvalue weighted by Crippen LogP contribution is 2.34. The van der Waals surface area contributed by atoms with Crippen molar-refractivity contribution >= 4 is 17.5 Å². The van der Waals surface area contributed by atoms with Crippen LogP contribution in [0.25, 0.3) is 0 Å². The zero-order chi connectivity index (χ0) is 20.0. The maximum absolute atomic E-state index is 13.7. The number of para-hydroxylation sites is 1. The molecule has 0 bridgehead atoms. The molecular formula is C19H18F4N2O2. The summed E-state index contributed by atoms with van der Waals surface area (Å²) in [6.45, 7) is 1.34. The number of halogens is 4. The molecule has 0 aliphatic heterocycles. The third-order valence-corrected chi connectivity index (χ3v) is 3.87. The van der Waals surface area contributed by atoms with Gasteiger partial charge in [-0.15, -0.1) is 0 Å². The number of carbonyl (C=O) groups excluding carboxylic acids is 2. The molecule has 2 aromatic rings. The minimum absolute atomic E-state index is 0.154. The summed E-state index contributed by atoms with van der Waals surface area (Å²) in [6, 6.07) is 10.3. The lowest BCUT2D eigenvalue weighted by Gasteiger charge is -2.21. The molecule has 0 aliphatic carbocycles. The van der Waals surface area contributed by atoms with Crippen LogP contribution in [0.1, 0.15) is 18.1 Å². The van der Waals surface area contributed by atoms with Gasteiger partial charge in [0, 0.05) is 6.54 Å². The van der Waals surface area contributed by atoms with Crippen LogP contribution in [-0.4, -0.2) is 29.8 Å². The number of alkyl halides is 3. The number of hydrogen-bond acceptors (Lipinski definition) is 2. The van der Waals surface area contributed by atoms with Crippen LogP contribution < -0.4 is 5.32 Å². The molecule has 0 aromatic heterocycles. The van der Waals surface area contributed by atoms with E-state index in [0.717, 1.165) is 17.0 Å². The Balaban J connectivity index is 2.05. The van der Waals surface area contributed by atoms with Crippen LogP contribution in [0.2, 0.25) is 0 Å². The predicted molar refractivity (Wildman–Crippen MR) is 92.4 cm³/mol. The molecule has 0 spiro atoms. The first kappa shape index (κ1) is 20.4. The lowest BCUT2D eigenvalue weighted by atomic mass is 10.1. The number of anilines is 1. The first-order valence-corrected chi connectivity index (χ1v) is 8.19. The normalized spacial score (nSPS) is 11.1. The Bertz CT molecular complexity index is 821. The Labute approximate surface area is 153 Å². The van der Waals surface area contributed by atoms with E-state index in [1.807, 2.05) is 0 Å². The smallest absolute Gasteiger partial charge is 0.333 e. The van der Waals surface area contributed by atoms with Crippen LogP contribution in [-0.2, 0) is 22.2 Å². The van der Waals surface area contributed by atoms with Gasteiger partial charge in [0.1, 0.15) is 5.82 Å². The van der Waals surface area contributed by atoms with Gasteiger partial charge in [-0.25, -0.2) is 4.39 Å². The fraction of sp³-hybridized carbons (Fsp3) is 0.263. The Hall–Kier alpha value is -2.90. The van der Waals surface area contributed by atoms with Crippen molar-refractivity contribution in [1.82, 2.24) is 4.90 Å². The van der Waals surface area contributed by atoms with Crippen LogP contribution in [0.15, 0.2) is 48.5 Å². The van der Waals surface area contributed by atoms with Crippen molar-refractivity contribution in [2.24, 2.45) is 0 Å². The van der Waals surface area contributed by atoms with E-state index in [1.54, 1.807) is 13.0 Å². The second-order valence-corrected chi connectivity index (χ2v) is 5.77. The maximum atomic E-state index is 13.7. The molecule has 144 valence electrons. The highest BCUT2D eigenvalue weighted by molar-refractivity contribution is 5.95. The summed E-state index contributed by atoms with van der Waals surface area (Å²) >= 11 is 0. The Morgan fingerprint density at radius 1 is 1.04 bits per heavy atom. The lowest BCUT2D eigenvalue weighted by Crippen LogP contribution is -2.39. The van der Waals surface area contributed by atoms with E-state index in [4.69, 9.17) is 0 Å². The maximum Gasteiger partial charge on any atom is 0.418 e. The Kier molecular flexibility index (Phi) is 6.55. The number of benzene rings is 2. The van der Waals surface area contributed by atoms with Gasteiger partial charge in [0.2, 0.25) is 11.8 Å². The van der Waals surface area contributed by atoms with E-state index in [1.165, 1.54) is 30.3 Å². The molecule has 0 radical (unpaired) electrons. The summed E-state index contributed by atoms with van der Waals surface area (Å²) in [7, 11) is 0. The number of nitrogens with one attached hydrogen (secondary N) is 1. The van der Waals surface area contributed by atoms with Crippen molar-refractivity contribution in [3.8, 4) is 0 Å². The van der Waals surface area contributed by atoms with E-state index in [0.29, 0.717) is 0 Å². The van der Waals surface area contributed by atoms with E-state index < -0.39 is 35.9 Å². The van der Waals surface area contributed by atoms with E-state index in [9.17, 15) is 27.2 Å². The average molecular weight is 382 g/mol. The lowest BCUT2D eigenvalue weighted by molar-refractivity contribution is -0.137. The third-order valence-electron chi connectivity index (χ3n) is 3.87. The molecule has 0 saturated heterocycles. The van der Waals surface area contributed by atoms with Gasteiger partial charge >= 0.3 is 6.18 Å². The molecule has 8 heteroatoms. The predicted octanol–water partition coefficient (Wildman–Crippen LogP) is 3.87. The molecule has 2 rings (SSSR count). The molecule has 0 fully saturated rings. The van der Waals surface area contributed by atoms with Crippen molar-refractivity contribution in [3.63, 3.8) is 0 Å². The van der Waals surface area contributed by atoms with Crippen molar-refractivity contribution in [2.75, 3.05) is 18.4 Å². The van der Waals surface area contributed by atoms with Gasteiger partial charge in [-0.05, 0) is 30.7 Å². The summed E-state index contributed by atoms with van der Waals surface area (Å²) in [5.74, 6) is -1.80. The standard InChI is InChI=1S/C19H18F4N2O2/c1-2-25(18(27)11-13-7-3-5-9-15(13)20)12-17(26)24-16-10-6-4-8-14(16)19(21,22)23/h3-10H,2,11-12H2,1H3,(H,24,26). The number of rotatable bonds is 6. The molecule has 0 unspecified atom stereocenters. The van der Waals surface area contributed by atoms with E-state index in [-0.39, 0.29) is 24.2 Å². The molecule has 0 heterocycles. The van der Waals surface area contributed by atoms with Gasteiger partial charge < -0.3 is 10.2 Å². The minimum atomic E-state index is -4.62. The Morgan fingerprint density at radius 3 is 2.30 bits per heavy atom. The second kappa shape index (κ2) is 8.66. The topological polar surface area (TPSA) is 49.4 Å². The molecule has 0 atom stereocenters. The third kappa shape index (κ3) is 5.54. The SMILES string of the molecule is CCN(CC(=O)Nc1ccccc1C(F)(F)F)C(=O)Cc1ccccc1F. The minimum Gasteiger partial charge on any atom is -0.333 e. The molecule has 2 aromatic carbocycles. The molecule has 0 saturated carbocycles. The second-order valence-electron chi connectivity index (χ2n) is 5.77. The van der Waals surface area contributed by atoms with Crippen molar-refractivity contribution in [2.45, 2.75) is 19.5 Å². The zero-order valence-electron chi connectivity index (χ0n) is 14.5. The fourth-order valence-corrected chi connectivity index (χ4v) is 2.50. The van der Waals surface area contributed by atoms with Gasteiger partial charge in [0.25, 0.3) is 0 Å². The molecule has 4 nitrogen and oxygen atoms in total. The fourth-order valence-electron chi connectivity index (χ4n) is 2.50. The van der Waals surface area contributed by atoms with E-state index in [2.05, 4.69) is 5.32 Å². The summed E-state index contributed by atoms with van der Waals surface area (Å²) in [4.78, 5) is 25.6. The largest absolute Gasteiger partial charge is 0.418 e. The zero-order valence-corrected chi connectivity index (χ0v) is 14.5. The van der Waals surface area contributed by atoms with Crippen molar-refractivity contribution < 1.29 is 27.2 Å². The van der Waals surface area contributed by atoms with Crippen molar-refractivity contribution in [1.29, 1.82) is 0 Å². The quantitative estimate of drug-likeness (QED) is 0.771. The molecule has 1 N–H and O–H groups in total. The highest BCUT2D eigenvalue weighted by Gasteiger charge is 2.33.